The number of carbonyl (C=O) groups is 1. The number of fused-ring (bicyclic) bond motifs is 2. The standard InChI is InChI=1S/C21H31N3O.2ClH/c25-21(14-17-12-19-7-8-20(13-17)22-19)23-18-6-4-5-16(11-18)15-24-9-2-1-3-10-24;;/h4-6,11,17,19-20,22H,1-3,7-10,12-15H2,(H,23,25);2*1H. The highest BCUT2D eigenvalue weighted by Crippen LogP contribution is 2.32. The van der Waals surface area contributed by atoms with E-state index in [1.165, 1.54) is 63.6 Å². The third-order valence-corrected chi connectivity index (χ3v) is 6.11. The van der Waals surface area contributed by atoms with E-state index in [9.17, 15) is 4.79 Å². The monoisotopic (exact) mass is 413 g/mol. The van der Waals surface area contributed by atoms with Crippen LogP contribution in [0.3, 0.4) is 0 Å². The van der Waals surface area contributed by atoms with E-state index in [1.807, 2.05) is 6.07 Å². The Balaban J connectivity index is 0.00000131. The van der Waals surface area contributed by atoms with Gasteiger partial charge in [0.1, 0.15) is 0 Å². The van der Waals surface area contributed by atoms with E-state index in [2.05, 4.69) is 33.7 Å². The zero-order valence-electron chi connectivity index (χ0n) is 16.0. The summed E-state index contributed by atoms with van der Waals surface area (Å²) in [5.41, 5.74) is 2.26. The van der Waals surface area contributed by atoms with E-state index in [-0.39, 0.29) is 30.7 Å². The van der Waals surface area contributed by atoms with Crippen molar-refractivity contribution in [3.63, 3.8) is 0 Å². The zero-order valence-corrected chi connectivity index (χ0v) is 17.6. The normalized spacial score (nSPS) is 27.3. The molecule has 2 bridgehead atoms. The van der Waals surface area contributed by atoms with Gasteiger partial charge >= 0.3 is 0 Å². The fourth-order valence-corrected chi connectivity index (χ4v) is 4.94. The molecule has 4 nitrogen and oxygen atoms in total. The molecule has 3 fully saturated rings. The first kappa shape index (κ1) is 22.5. The molecule has 0 aromatic heterocycles. The number of nitrogens with zero attached hydrogens (tertiary/aromatic N) is 1. The number of anilines is 1. The fraction of sp³-hybridized carbons (Fsp3) is 0.667. The number of benzene rings is 1. The first-order valence-corrected chi connectivity index (χ1v) is 10.1. The molecule has 6 heteroatoms. The van der Waals surface area contributed by atoms with Crippen molar-refractivity contribution in [1.82, 2.24) is 10.2 Å². The second-order valence-electron chi connectivity index (χ2n) is 8.26. The lowest BCUT2D eigenvalue weighted by Crippen LogP contribution is -2.39. The maximum atomic E-state index is 12.5. The third kappa shape index (κ3) is 6.35. The van der Waals surface area contributed by atoms with Crippen LogP contribution < -0.4 is 10.6 Å². The van der Waals surface area contributed by atoms with Gasteiger partial charge in [0.15, 0.2) is 0 Å². The number of piperidine rings is 2. The Morgan fingerprint density at radius 1 is 1.07 bits per heavy atom. The van der Waals surface area contributed by atoms with Crippen molar-refractivity contribution < 1.29 is 4.79 Å². The van der Waals surface area contributed by atoms with E-state index in [4.69, 9.17) is 0 Å². The van der Waals surface area contributed by atoms with Gasteiger partial charge in [0.05, 0.1) is 0 Å². The van der Waals surface area contributed by atoms with Crippen molar-refractivity contribution in [3.8, 4) is 0 Å². The second kappa shape index (κ2) is 10.7. The SMILES string of the molecule is Cl.Cl.O=C(CC1CC2CCC(C1)N2)Nc1cccc(CN2CCCCC2)c1. The third-order valence-electron chi connectivity index (χ3n) is 6.11. The van der Waals surface area contributed by atoms with E-state index in [1.54, 1.807) is 0 Å². The van der Waals surface area contributed by atoms with E-state index in [0.29, 0.717) is 24.4 Å². The lowest BCUT2D eigenvalue weighted by Gasteiger charge is -2.28. The molecule has 1 amide bonds. The molecule has 0 spiro atoms. The molecule has 0 aliphatic carbocycles. The number of hydrogen-bond donors (Lipinski definition) is 2. The van der Waals surface area contributed by atoms with Gasteiger partial charge in [-0.25, -0.2) is 0 Å². The first-order valence-electron chi connectivity index (χ1n) is 10.1. The molecule has 152 valence electrons. The minimum Gasteiger partial charge on any atom is -0.326 e. The predicted molar refractivity (Wildman–Crippen MR) is 116 cm³/mol. The molecule has 3 aliphatic rings. The Labute approximate surface area is 175 Å². The van der Waals surface area contributed by atoms with Crippen molar-refractivity contribution in [3.05, 3.63) is 29.8 Å². The van der Waals surface area contributed by atoms with E-state index < -0.39 is 0 Å². The lowest BCUT2D eigenvalue weighted by atomic mass is 9.89. The van der Waals surface area contributed by atoms with Crippen molar-refractivity contribution >= 4 is 36.4 Å². The molecular weight excluding hydrogens is 381 g/mol. The maximum absolute atomic E-state index is 12.5. The molecule has 2 N–H and O–H groups in total. The number of likely N-dealkylation sites (tertiary alicyclic amines) is 1. The second-order valence-corrected chi connectivity index (χ2v) is 8.26. The van der Waals surface area contributed by atoms with Gasteiger partial charge < -0.3 is 10.6 Å². The topological polar surface area (TPSA) is 44.4 Å². The van der Waals surface area contributed by atoms with Crippen LogP contribution in [0.15, 0.2) is 24.3 Å². The molecule has 3 heterocycles. The Morgan fingerprint density at radius 3 is 2.48 bits per heavy atom. The number of carbonyl (C=O) groups excluding carboxylic acids is 1. The van der Waals surface area contributed by atoms with Crippen molar-refractivity contribution in [2.24, 2.45) is 5.92 Å². The smallest absolute Gasteiger partial charge is 0.224 e. The van der Waals surface area contributed by atoms with Crippen molar-refractivity contribution in [2.45, 2.75) is 70.0 Å². The first-order chi connectivity index (χ1) is 12.2. The average Bonchev–Trinajstić information content (AvgIpc) is 2.94. The van der Waals surface area contributed by atoms with Crippen LogP contribution in [0.1, 0.15) is 56.9 Å². The van der Waals surface area contributed by atoms with Crippen LogP contribution in [0.25, 0.3) is 0 Å². The van der Waals surface area contributed by atoms with Gasteiger partial charge in [-0.3, -0.25) is 9.69 Å². The van der Waals surface area contributed by atoms with Gasteiger partial charge in [-0.1, -0.05) is 18.6 Å². The summed E-state index contributed by atoms with van der Waals surface area (Å²) in [4.78, 5) is 15.0. The molecular formula is C21H33Cl2N3O. The minimum atomic E-state index is 0. The molecule has 0 saturated carbocycles. The largest absolute Gasteiger partial charge is 0.326 e. The average molecular weight is 414 g/mol. The Bertz CT molecular complexity index is 595. The fourth-order valence-electron chi connectivity index (χ4n) is 4.94. The van der Waals surface area contributed by atoms with Crippen LogP contribution >= 0.6 is 24.8 Å². The molecule has 2 atom stereocenters. The van der Waals surface area contributed by atoms with Crippen LogP contribution in [0, 0.1) is 5.92 Å². The Hall–Kier alpha value is -0.810. The van der Waals surface area contributed by atoms with Crippen molar-refractivity contribution in [2.75, 3.05) is 18.4 Å². The molecule has 1 aromatic rings. The van der Waals surface area contributed by atoms with Gasteiger partial charge in [-0.15, -0.1) is 24.8 Å². The number of halogens is 2. The minimum absolute atomic E-state index is 0. The lowest BCUT2D eigenvalue weighted by molar-refractivity contribution is -0.117. The highest BCUT2D eigenvalue weighted by molar-refractivity contribution is 5.90. The number of amides is 1. The van der Waals surface area contributed by atoms with Crippen LogP contribution in [-0.4, -0.2) is 36.0 Å². The van der Waals surface area contributed by atoms with Gasteiger partial charge in [0.25, 0.3) is 0 Å². The van der Waals surface area contributed by atoms with Gasteiger partial charge in [0.2, 0.25) is 5.91 Å². The van der Waals surface area contributed by atoms with Gasteiger partial charge in [-0.2, -0.15) is 0 Å². The summed E-state index contributed by atoms with van der Waals surface area (Å²) in [7, 11) is 0. The highest BCUT2D eigenvalue weighted by atomic mass is 35.5. The molecule has 2 unspecified atom stereocenters. The van der Waals surface area contributed by atoms with Crippen molar-refractivity contribution in [1.29, 1.82) is 0 Å². The molecule has 4 rings (SSSR count). The molecule has 1 aromatic carbocycles. The summed E-state index contributed by atoms with van der Waals surface area (Å²) in [5, 5.41) is 6.79. The number of hydrogen-bond acceptors (Lipinski definition) is 3. The molecule has 0 radical (unpaired) electrons. The summed E-state index contributed by atoms with van der Waals surface area (Å²) < 4.78 is 0. The summed E-state index contributed by atoms with van der Waals surface area (Å²) >= 11 is 0. The van der Waals surface area contributed by atoms with Crippen LogP contribution in [0.4, 0.5) is 5.69 Å². The quantitative estimate of drug-likeness (QED) is 0.752. The predicted octanol–water partition coefficient (Wildman–Crippen LogP) is 4.38. The summed E-state index contributed by atoms with van der Waals surface area (Å²) in [6.45, 7) is 3.41. The number of rotatable bonds is 5. The maximum Gasteiger partial charge on any atom is 0.224 e. The zero-order chi connectivity index (χ0) is 17.1. The van der Waals surface area contributed by atoms with Gasteiger partial charge in [-0.05, 0) is 75.2 Å². The van der Waals surface area contributed by atoms with E-state index in [0.717, 1.165) is 12.2 Å². The van der Waals surface area contributed by atoms with Crippen LogP contribution in [0.5, 0.6) is 0 Å². The van der Waals surface area contributed by atoms with Gasteiger partial charge in [0, 0.05) is 30.7 Å². The highest BCUT2D eigenvalue weighted by Gasteiger charge is 2.34. The summed E-state index contributed by atoms with van der Waals surface area (Å²) in [6, 6.07) is 9.73. The van der Waals surface area contributed by atoms with Crippen LogP contribution in [0.2, 0.25) is 0 Å². The Morgan fingerprint density at radius 2 is 1.78 bits per heavy atom. The summed E-state index contributed by atoms with van der Waals surface area (Å²) in [6.07, 6.45) is 9.58. The Kier molecular flexibility index (Phi) is 8.87. The van der Waals surface area contributed by atoms with E-state index >= 15 is 0 Å². The molecule has 3 aliphatic heterocycles. The molecule has 27 heavy (non-hydrogen) atoms. The van der Waals surface area contributed by atoms with Crippen LogP contribution in [-0.2, 0) is 11.3 Å². The summed E-state index contributed by atoms with van der Waals surface area (Å²) in [5.74, 6) is 0.733. The number of nitrogens with one attached hydrogen (secondary N) is 2. The molecule has 3 saturated heterocycles.